The van der Waals surface area contributed by atoms with Gasteiger partial charge in [-0.1, -0.05) is 15.9 Å². The van der Waals surface area contributed by atoms with Crippen molar-refractivity contribution in [1.29, 1.82) is 0 Å². The Bertz CT molecular complexity index is 375. The van der Waals surface area contributed by atoms with Crippen LogP contribution in [0.4, 0.5) is 0 Å². The lowest BCUT2D eigenvalue weighted by Gasteiger charge is -2.18. The molecule has 0 bridgehead atoms. The smallest absolute Gasteiger partial charge is 0.119 e. The molecule has 0 aromatic heterocycles. The highest BCUT2D eigenvalue weighted by Crippen LogP contribution is 2.26. The lowest BCUT2D eigenvalue weighted by Crippen LogP contribution is -2.27. The number of benzene rings is 1. The van der Waals surface area contributed by atoms with Crippen molar-refractivity contribution in [1.82, 2.24) is 0 Å². The molecule has 1 heterocycles. The third-order valence-electron chi connectivity index (χ3n) is 3.08. The van der Waals surface area contributed by atoms with E-state index in [2.05, 4.69) is 15.9 Å². The van der Waals surface area contributed by atoms with Crippen LogP contribution in [0.3, 0.4) is 0 Å². The van der Waals surface area contributed by atoms with E-state index in [0.29, 0.717) is 6.42 Å². The molecule has 2 atom stereocenters. The fourth-order valence-corrected chi connectivity index (χ4v) is 2.51. The highest BCUT2D eigenvalue weighted by molar-refractivity contribution is 9.10. The molecule has 1 aromatic carbocycles. The van der Waals surface area contributed by atoms with Gasteiger partial charge >= 0.3 is 0 Å². The Morgan fingerprint density at radius 3 is 3.06 bits per heavy atom. The molecule has 1 N–H and O–H groups in total. The fourth-order valence-electron chi connectivity index (χ4n) is 2.10. The van der Waals surface area contributed by atoms with Crippen molar-refractivity contribution < 1.29 is 14.6 Å². The van der Waals surface area contributed by atoms with Crippen LogP contribution in [-0.4, -0.2) is 31.0 Å². The summed E-state index contributed by atoms with van der Waals surface area (Å²) in [5.41, 5.74) is 1.05. The SMILES string of the molecule is COc1ccc(Br)c(CC(O)C2CCCO2)c1. The first kappa shape index (κ1) is 12.9. The summed E-state index contributed by atoms with van der Waals surface area (Å²) in [5.74, 6) is 0.808. The van der Waals surface area contributed by atoms with Crippen molar-refractivity contribution in [2.24, 2.45) is 0 Å². The fraction of sp³-hybridized carbons (Fsp3) is 0.538. The Balaban J connectivity index is 2.06. The van der Waals surface area contributed by atoms with Crippen LogP contribution in [0, 0.1) is 0 Å². The molecule has 3 nitrogen and oxygen atoms in total. The van der Waals surface area contributed by atoms with Crippen molar-refractivity contribution in [2.45, 2.75) is 31.5 Å². The van der Waals surface area contributed by atoms with Gasteiger partial charge in [0.05, 0.1) is 19.3 Å². The van der Waals surface area contributed by atoms with Crippen molar-refractivity contribution in [3.8, 4) is 5.75 Å². The Morgan fingerprint density at radius 2 is 2.41 bits per heavy atom. The van der Waals surface area contributed by atoms with Crippen LogP contribution < -0.4 is 4.74 Å². The number of aliphatic hydroxyl groups is 1. The van der Waals surface area contributed by atoms with Gasteiger partial charge in [0, 0.05) is 17.5 Å². The Labute approximate surface area is 110 Å². The lowest BCUT2D eigenvalue weighted by atomic mass is 10.0. The molecule has 1 aromatic rings. The molecule has 2 rings (SSSR count). The van der Waals surface area contributed by atoms with E-state index in [1.165, 1.54) is 0 Å². The molecule has 2 unspecified atom stereocenters. The van der Waals surface area contributed by atoms with E-state index in [4.69, 9.17) is 9.47 Å². The molecule has 1 fully saturated rings. The first-order valence-electron chi connectivity index (χ1n) is 5.83. The summed E-state index contributed by atoms with van der Waals surface area (Å²) in [6, 6.07) is 5.78. The minimum Gasteiger partial charge on any atom is -0.497 e. The van der Waals surface area contributed by atoms with Crippen LogP contribution in [0.15, 0.2) is 22.7 Å². The maximum absolute atomic E-state index is 10.1. The van der Waals surface area contributed by atoms with Crippen LogP contribution in [0.2, 0.25) is 0 Å². The maximum atomic E-state index is 10.1. The summed E-state index contributed by atoms with van der Waals surface area (Å²) in [6.07, 6.45) is 2.11. The van der Waals surface area contributed by atoms with Gasteiger partial charge in [0.15, 0.2) is 0 Å². The monoisotopic (exact) mass is 300 g/mol. The van der Waals surface area contributed by atoms with Crippen molar-refractivity contribution in [3.05, 3.63) is 28.2 Å². The predicted molar refractivity (Wildman–Crippen MR) is 69.4 cm³/mol. The van der Waals surface area contributed by atoms with E-state index in [-0.39, 0.29) is 6.10 Å². The zero-order valence-electron chi connectivity index (χ0n) is 9.86. The predicted octanol–water partition coefficient (Wildman–Crippen LogP) is 2.54. The van der Waals surface area contributed by atoms with Crippen molar-refractivity contribution >= 4 is 15.9 Å². The van der Waals surface area contributed by atoms with E-state index >= 15 is 0 Å². The second kappa shape index (κ2) is 5.85. The van der Waals surface area contributed by atoms with Gasteiger partial charge in [0.2, 0.25) is 0 Å². The molecule has 1 saturated heterocycles. The standard InChI is InChI=1S/C13H17BrO3/c1-16-10-4-5-11(14)9(7-10)8-12(15)13-3-2-6-17-13/h4-5,7,12-13,15H,2-3,6,8H2,1H3. The number of hydrogen-bond donors (Lipinski definition) is 1. The number of halogens is 1. The molecule has 17 heavy (non-hydrogen) atoms. The number of aliphatic hydroxyl groups excluding tert-OH is 1. The van der Waals surface area contributed by atoms with Gasteiger partial charge in [-0.25, -0.2) is 0 Å². The summed E-state index contributed by atoms with van der Waals surface area (Å²) in [5, 5.41) is 10.1. The van der Waals surface area contributed by atoms with Gasteiger partial charge in [-0.3, -0.25) is 0 Å². The minimum absolute atomic E-state index is 0.0203. The molecule has 1 aliphatic heterocycles. The summed E-state index contributed by atoms with van der Waals surface area (Å²) in [4.78, 5) is 0. The molecule has 94 valence electrons. The Kier molecular flexibility index (Phi) is 4.42. The zero-order valence-corrected chi connectivity index (χ0v) is 11.4. The molecule has 1 aliphatic rings. The third kappa shape index (κ3) is 3.21. The number of hydrogen-bond acceptors (Lipinski definition) is 3. The summed E-state index contributed by atoms with van der Waals surface area (Å²) in [7, 11) is 1.64. The second-order valence-electron chi connectivity index (χ2n) is 4.28. The molecular formula is C13H17BrO3. The number of rotatable bonds is 4. The van der Waals surface area contributed by atoms with Gasteiger partial charge < -0.3 is 14.6 Å². The van der Waals surface area contributed by atoms with Crippen LogP contribution in [0.25, 0.3) is 0 Å². The normalized spacial score (nSPS) is 21.5. The van der Waals surface area contributed by atoms with Gasteiger partial charge in [0.1, 0.15) is 5.75 Å². The molecule has 0 aliphatic carbocycles. The average molecular weight is 301 g/mol. The molecule has 0 saturated carbocycles. The summed E-state index contributed by atoms with van der Waals surface area (Å²) >= 11 is 3.49. The topological polar surface area (TPSA) is 38.7 Å². The first-order valence-corrected chi connectivity index (χ1v) is 6.62. The summed E-state index contributed by atoms with van der Waals surface area (Å²) < 4.78 is 11.7. The second-order valence-corrected chi connectivity index (χ2v) is 5.13. The molecule has 4 heteroatoms. The van der Waals surface area contributed by atoms with E-state index < -0.39 is 6.10 Å². The lowest BCUT2D eigenvalue weighted by molar-refractivity contribution is -0.000860. The number of ether oxygens (including phenoxy) is 2. The quantitative estimate of drug-likeness (QED) is 0.929. The maximum Gasteiger partial charge on any atom is 0.119 e. The Hall–Kier alpha value is -0.580. The highest BCUT2D eigenvalue weighted by atomic mass is 79.9. The summed E-state index contributed by atoms with van der Waals surface area (Å²) in [6.45, 7) is 0.765. The molecule has 0 spiro atoms. The molecule has 0 amide bonds. The van der Waals surface area contributed by atoms with Crippen LogP contribution in [-0.2, 0) is 11.2 Å². The molecular weight excluding hydrogens is 284 g/mol. The molecule has 0 radical (unpaired) electrons. The van der Waals surface area contributed by atoms with Crippen LogP contribution >= 0.6 is 15.9 Å². The minimum atomic E-state index is -0.444. The van der Waals surface area contributed by atoms with Crippen LogP contribution in [0.5, 0.6) is 5.75 Å². The van der Waals surface area contributed by atoms with Gasteiger partial charge in [-0.05, 0) is 36.6 Å². The third-order valence-corrected chi connectivity index (χ3v) is 3.85. The van der Waals surface area contributed by atoms with E-state index in [1.807, 2.05) is 18.2 Å². The van der Waals surface area contributed by atoms with E-state index in [1.54, 1.807) is 7.11 Å². The van der Waals surface area contributed by atoms with Crippen molar-refractivity contribution in [2.75, 3.05) is 13.7 Å². The van der Waals surface area contributed by atoms with Gasteiger partial charge in [0.25, 0.3) is 0 Å². The van der Waals surface area contributed by atoms with Crippen LogP contribution in [0.1, 0.15) is 18.4 Å². The average Bonchev–Trinajstić information content (AvgIpc) is 2.85. The van der Waals surface area contributed by atoms with Gasteiger partial charge in [-0.2, -0.15) is 0 Å². The number of methoxy groups -OCH3 is 1. The zero-order chi connectivity index (χ0) is 12.3. The van der Waals surface area contributed by atoms with E-state index in [9.17, 15) is 5.11 Å². The van der Waals surface area contributed by atoms with E-state index in [0.717, 1.165) is 35.2 Å². The van der Waals surface area contributed by atoms with Gasteiger partial charge in [-0.15, -0.1) is 0 Å². The first-order chi connectivity index (χ1) is 8.20. The van der Waals surface area contributed by atoms with Crippen molar-refractivity contribution in [3.63, 3.8) is 0 Å². The largest absolute Gasteiger partial charge is 0.497 e. The highest BCUT2D eigenvalue weighted by Gasteiger charge is 2.24. The Morgan fingerprint density at radius 1 is 1.59 bits per heavy atom.